The van der Waals surface area contributed by atoms with Crippen LogP contribution in [0.2, 0.25) is 0 Å². The maximum atomic E-state index is 12.3. The van der Waals surface area contributed by atoms with Crippen molar-refractivity contribution in [1.29, 1.82) is 0 Å². The van der Waals surface area contributed by atoms with E-state index in [-0.39, 0.29) is 11.8 Å². The molecule has 2 rings (SSSR count). The monoisotopic (exact) mass is 265 g/mol. The summed E-state index contributed by atoms with van der Waals surface area (Å²) in [6, 6.07) is 8.79. The van der Waals surface area contributed by atoms with Gasteiger partial charge in [0, 0.05) is 24.4 Å². The number of aryl methyl sites for hydroxylation is 1. The highest BCUT2D eigenvalue weighted by molar-refractivity contribution is 6.19. The molecule has 1 unspecified atom stereocenters. The topological polar surface area (TPSA) is 20.3 Å². The second-order valence-corrected chi connectivity index (χ2v) is 5.55. The number of halogens is 1. The summed E-state index contributed by atoms with van der Waals surface area (Å²) >= 11 is 5.80. The summed E-state index contributed by atoms with van der Waals surface area (Å²) in [5.41, 5.74) is 2.44. The average Bonchev–Trinajstić information content (AvgIpc) is 3.18. The van der Waals surface area contributed by atoms with Gasteiger partial charge < -0.3 is 4.90 Å². The lowest BCUT2D eigenvalue weighted by Crippen LogP contribution is -2.37. The smallest absolute Gasteiger partial charge is 0.227 e. The van der Waals surface area contributed by atoms with E-state index >= 15 is 0 Å². The second-order valence-electron chi connectivity index (χ2n) is 5.24. The van der Waals surface area contributed by atoms with Crippen molar-refractivity contribution in [1.82, 2.24) is 4.90 Å². The molecule has 0 bridgehead atoms. The van der Waals surface area contributed by atoms with Crippen LogP contribution in [-0.2, 0) is 11.3 Å². The molecule has 1 fully saturated rings. The van der Waals surface area contributed by atoms with Crippen molar-refractivity contribution < 1.29 is 4.79 Å². The van der Waals surface area contributed by atoms with Gasteiger partial charge in [-0.2, -0.15) is 0 Å². The lowest BCUT2D eigenvalue weighted by Gasteiger charge is -2.25. The summed E-state index contributed by atoms with van der Waals surface area (Å²) in [5, 5.41) is 0. The van der Waals surface area contributed by atoms with Gasteiger partial charge in [-0.05, 0) is 25.3 Å². The number of hydrogen-bond acceptors (Lipinski definition) is 1. The molecule has 18 heavy (non-hydrogen) atoms. The molecule has 1 aromatic rings. The van der Waals surface area contributed by atoms with Gasteiger partial charge in [-0.25, -0.2) is 0 Å². The van der Waals surface area contributed by atoms with E-state index < -0.39 is 0 Å². The van der Waals surface area contributed by atoms with Crippen LogP contribution in [0.3, 0.4) is 0 Å². The lowest BCUT2D eigenvalue weighted by molar-refractivity contribution is -0.135. The number of carbonyl (C=O) groups excluding carboxylic acids is 1. The summed E-state index contributed by atoms with van der Waals surface area (Å²) in [5.74, 6) is 0.502. The maximum Gasteiger partial charge on any atom is 0.227 e. The van der Waals surface area contributed by atoms with Gasteiger partial charge in [0.2, 0.25) is 5.91 Å². The Morgan fingerprint density at radius 2 is 2.22 bits per heavy atom. The normalized spacial score (nSPS) is 16.4. The molecule has 1 atom stereocenters. The second kappa shape index (κ2) is 5.75. The first kappa shape index (κ1) is 13.4. The van der Waals surface area contributed by atoms with Crippen LogP contribution in [0.25, 0.3) is 0 Å². The third-order valence-corrected chi connectivity index (χ3v) is 3.82. The van der Waals surface area contributed by atoms with E-state index in [4.69, 9.17) is 11.6 Å². The van der Waals surface area contributed by atoms with E-state index in [1.54, 1.807) is 0 Å². The van der Waals surface area contributed by atoms with E-state index in [1.807, 2.05) is 17.9 Å². The summed E-state index contributed by atoms with van der Waals surface area (Å²) in [4.78, 5) is 14.3. The fraction of sp³-hybridized carbons (Fsp3) is 0.533. The number of benzene rings is 1. The molecule has 1 aliphatic carbocycles. The van der Waals surface area contributed by atoms with Gasteiger partial charge >= 0.3 is 0 Å². The largest absolute Gasteiger partial charge is 0.335 e. The zero-order valence-electron chi connectivity index (χ0n) is 11.0. The molecule has 0 heterocycles. The molecule has 1 amide bonds. The molecule has 0 aliphatic heterocycles. The van der Waals surface area contributed by atoms with Gasteiger partial charge in [0.25, 0.3) is 0 Å². The van der Waals surface area contributed by atoms with Gasteiger partial charge in [0.05, 0.1) is 0 Å². The van der Waals surface area contributed by atoms with Crippen LogP contribution in [0.4, 0.5) is 0 Å². The Morgan fingerprint density at radius 3 is 2.78 bits per heavy atom. The minimum atomic E-state index is -0.0860. The SMILES string of the molecule is Cc1cccc(CN(C(=O)C(C)CCl)C2CC2)c1. The van der Waals surface area contributed by atoms with Gasteiger partial charge in [-0.3, -0.25) is 4.79 Å². The first-order valence-corrected chi connectivity index (χ1v) is 7.07. The average molecular weight is 266 g/mol. The molecule has 0 N–H and O–H groups in total. The Hall–Kier alpha value is -1.02. The Labute approximate surface area is 114 Å². The zero-order chi connectivity index (χ0) is 13.1. The third kappa shape index (κ3) is 3.26. The van der Waals surface area contributed by atoms with E-state index in [0.29, 0.717) is 18.5 Å². The molecule has 3 heteroatoms. The molecular formula is C15H20ClNO. The van der Waals surface area contributed by atoms with Crippen molar-refractivity contribution in [3.63, 3.8) is 0 Å². The van der Waals surface area contributed by atoms with E-state index in [9.17, 15) is 4.79 Å². The van der Waals surface area contributed by atoms with Crippen LogP contribution >= 0.6 is 11.6 Å². The van der Waals surface area contributed by atoms with Gasteiger partial charge in [-0.1, -0.05) is 36.8 Å². The molecule has 0 saturated heterocycles. The van der Waals surface area contributed by atoms with Crippen LogP contribution in [0.5, 0.6) is 0 Å². The van der Waals surface area contributed by atoms with Crippen molar-refractivity contribution in [2.24, 2.45) is 5.92 Å². The first-order chi connectivity index (χ1) is 8.61. The van der Waals surface area contributed by atoms with Crippen LogP contribution in [-0.4, -0.2) is 22.7 Å². The number of nitrogens with zero attached hydrogens (tertiary/aromatic N) is 1. The Morgan fingerprint density at radius 1 is 1.50 bits per heavy atom. The highest BCUT2D eigenvalue weighted by Crippen LogP contribution is 2.30. The van der Waals surface area contributed by atoms with Crippen molar-refractivity contribution in [2.45, 2.75) is 39.3 Å². The number of hydrogen-bond donors (Lipinski definition) is 0. The van der Waals surface area contributed by atoms with Crippen LogP contribution in [0.1, 0.15) is 30.9 Å². The lowest BCUT2D eigenvalue weighted by atomic mass is 10.1. The van der Waals surface area contributed by atoms with Crippen LogP contribution in [0, 0.1) is 12.8 Å². The molecule has 1 saturated carbocycles. The fourth-order valence-electron chi connectivity index (χ4n) is 2.13. The molecule has 98 valence electrons. The van der Waals surface area contributed by atoms with Crippen LogP contribution in [0.15, 0.2) is 24.3 Å². The van der Waals surface area contributed by atoms with Gasteiger partial charge in [0.15, 0.2) is 0 Å². The summed E-state index contributed by atoms with van der Waals surface area (Å²) < 4.78 is 0. The summed E-state index contributed by atoms with van der Waals surface area (Å²) in [6.07, 6.45) is 2.26. The molecule has 0 radical (unpaired) electrons. The van der Waals surface area contributed by atoms with Crippen molar-refractivity contribution in [2.75, 3.05) is 5.88 Å². The predicted molar refractivity (Wildman–Crippen MR) is 74.6 cm³/mol. The molecule has 1 aliphatic rings. The van der Waals surface area contributed by atoms with Gasteiger partial charge in [-0.15, -0.1) is 11.6 Å². The van der Waals surface area contributed by atoms with Crippen molar-refractivity contribution >= 4 is 17.5 Å². The summed E-state index contributed by atoms with van der Waals surface area (Å²) in [7, 11) is 0. The van der Waals surface area contributed by atoms with Crippen molar-refractivity contribution in [3.8, 4) is 0 Å². The maximum absolute atomic E-state index is 12.3. The van der Waals surface area contributed by atoms with E-state index in [1.165, 1.54) is 11.1 Å². The highest BCUT2D eigenvalue weighted by Gasteiger charge is 2.34. The van der Waals surface area contributed by atoms with Crippen molar-refractivity contribution in [3.05, 3.63) is 35.4 Å². The summed E-state index contributed by atoms with van der Waals surface area (Å²) in [6.45, 7) is 4.70. The number of amides is 1. The number of carbonyl (C=O) groups is 1. The molecule has 2 nitrogen and oxygen atoms in total. The first-order valence-electron chi connectivity index (χ1n) is 6.54. The standard InChI is InChI=1S/C15H20ClNO/c1-11-4-3-5-13(8-11)10-17(14-6-7-14)15(18)12(2)9-16/h3-5,8,12,14H,6-7,9-10H2,1-2H3. The molecule has 0 aromatic heterocycles. The highest BCUT2D eigenvalue weighted by atomic mass is 35.5. The predicted octanol–water partition coefficient (Wildman–Crippen LogP) is 3.36. The quantitative estimate of drug-likeness (QED) is 0.748. The van der Waals surface area contributed by atoms with Gasteiger partial charge in [0.1, 0.15) is 0 Å². The molecule has 0 spiro atoms. The molecular weight excluding hydrogens is 246 g/mol. The Kier molecular flexibility index (Phi) is 4.28. The zero-order valence-corrected chi connectivity index (χ0v) is 11.8. The Bertz CT molecular complexity index is 428. The van der Waals surface area contributed by atoms with Crippen LogP contribution < -0.4 is 0 Å². The number of rotatable bonds is 5. The minimum absolute atomic E-state index is 0.0860. The fourth-order valence-corrected chi connectivity index (χ4v) is 2.26. The minimum Gasteiger partial charge on any atom is -0.335 e. The Balaban J connectivity index is 2.09. The van der Waals surface area contributed by atoms with E-state index in [0.717, 1.165) is 12.8 Å². The van der Waals surface area contributed by atoms with E-state index in [2.05, 4.69) is 25.1 Å². The third-order valence-electron chi connectivity index (χ3n) is 3.36. The molecule has 1 aromatic carbocycles. The number of alkyl halides is 1.